The van der Waals surface area contributed by atoms with E-state index >= 15 is 0 Å². The Morgan fingerprint density at radius 3 is 0.735 bits per heavy atom. The van der Waals surface area contributed by atoms with Crippen molar-refractivity contribution in [3.8, 4) is 0 Å². The molecule has 0 amide bonds. The van der Waals surface area contributed by atoms with Gasteiger partial charge in [0.2, 0.25) is 0 Å². The van der Waals surface area contributed by atoms with Crippen LogP contribution in [0.1, 0.15) is 393 Å². The molecule has 0 N–H and O–H groups in total. The number of rotatable bonds is 68. The number of esters is 3. The van der Waals surface area contributed by atoms with Crippen molar-refractivity contribution in [3.05, 3.63) is 60.8 Å². The molecule has 0 bridgehead atoms. The van der Waals surface area contributed by atoms with E-state index < -0.39 is 12.1 Å². The lowest BCUT2D eigenvalue weighted by molar-refractivity contribution is -0.166. The molecular formula is C77H140O6. The van der Waals surface area contributed by atoms with Crippen LogP contribution in [0, 0.1) is 0 Å². The maximum atomic E-state index is 13.0. The Morgan fingerprint density at radius 1 is 0.253 bits per heavy atom. The molecular weight excluding hydrogens is 1020 g/mol. The number of unbranched alkanes of at least 4 members (excludes halogenated alkanes) is 48. The van der Waals surface area contributed by atoms with Gasteiger partial charge in [0.1, 0.15) is 13.2 Å². The van der Waals surface area contributed by atoms with Gasteiger partial charge in [0.25, 0.3) is 0 Å². The van der Waals surface area contributed by atoms with Gasteiger partial charge in [-0.25, -0.2) is 0 Å². The maximum absolute atomic E-state index is 13.0. The lowest BCUT2D eigenvalue weighted by Gasteiger charge is -2.18. The zero-order valence-corrected chi connectivity index (χ0v) is 55.7. The quantitative estimate of drug-likeness (QED) is 0.0261. The van der Waals surface area contributed by atoms with Crippen molar-refractivity contribution in [2.24, 2.45) is 0 Å². The van der Waals surface area contributed by atoms with Gasteiger partial charge < -0.3 is 14.2 Å². The van der Waals surface area contributed by atoms with Gasteiger partial charge in [0.05, 0.1) is 6.42 Å². The van der Waals surface area contributed by atoms with E-state index in [-0.39, 0.29) is 31.6 Å². The first-order chi connectivity index (χ1) is 41.0. The third kappa shape index (κ3) is 69.8. The minimum absolute atomic E-state index is 0.0988. The fraction of sp³-hybridized carbons (Fsp3) is 0.831. The average molecular weight is 1160 g/mol. The Morgan fingerprint density at radius 2 is 0.470 bits per heavy atom. The van der Waals surface area contributed by atoms with Crippen LogP contribution in [0.15, 0.2) is 60.8 Å². The monoisotopic (exact) mass is 1160 g/mol. The topological polar surface area (TPSA) is 78.9 Å². The summed E-state index contributed by atoms with van der Waals surface area (Å²) in [5, 5.41) is 0. The van der Waals surface area contributed by atoms with Gasteiger partial charge in [-0.15, -0.1) is 0 Å². The van der Waals surface area contributed by atoms with Crippen LogP contribution in [0.4, 0.5) is 0 Å². The van der Waals surface area contributed by atoms with Crippen LogP contribution in [0.5, 0.6) is 0 Å². The van der Waals surface area contributed by atoms with Crippen LogP contribution in [-0.2, 0) is 28.6 Å². The Labute approximate surface area is 517 Å². The summed E-state index contributed by atoms with van der Waals surface area (Å²) in [5.74, 6) is -1.01. The summed E-state index contributed by atoms with van der Waals surface area (Å²) in [5.41, 5.74) is 0. The molecule has 0 aromatic heterocycles. The number of allylic oxidation sites excluding steroid dienone is 9. The standard InChI is InChI=1S/C77H140O6/c1-4-7-10-13-16-19-22-25-28-30-32-34-36-37-38-39-40-41-43-44-46-49-52-55-58-61-64-67-70-76(79)82-73-74(72-81-75(78)69-66-63-60-57-54-51-48-27-24-21-18-15-12-9-6-3)83-77(80)71-68-65-62-59-56-53-50-47-45-42-35-33-31-29-26-23-20-17-14-11-8-5-2/h9,12,18,21,27,48,54,57,63,66,74H,4-8,10-11,13-17,19-20,22-26,28-47,49-53,55-56,58-62,64-65,67-73H2,1-3H3/b12-9-,21-18-,48-27-,57-54-,66-63-. The number of carbonyl (C=O) groups excluding carboxylic acids is 3. The van der Waals surface area contributed by atoms with Crippen LogP contribution >= 0.6 is 0 Å². The molecule has 0 saturated heterocycles. The van der Waals surface area contributed by atoms with Crippen molar-refractivity contribution in [2.45, 2.75) is 399 Å². The van der Waals surface area contributed by atoms with Crippen molar-refractivity contribution in [3.63, 3.8) is 0 Å². The zero-order valence-electron chi connectivity index (χ0n) is 55.7. The molecule has 0 radical (unpaired) electrons. The Kier molecular flexibility index (Phi) is 69.1. The molecule has 0 spiro atoms. The average Bonchev–Trinajstić information content (AvgIpc) is 3.50. The van der Waals surface area contributed by atoms with E-state index in [0.29, 0.717) is 12.8 Å². The molecule has 0 fully saturated rings. The zero-order chi connectivity index (χ0) is 59.9. The van der Waals surface area contributed by atoms with Gasteiger partial charge in [0, 0.05) is 12.8 Å². The Bertz CT molecular complexity index is 1470. The fourth-order valence-corrected chi connectivity index (χ4v) is 11.1. The summed E-state index contributed by atoms with van der Waals surface area (Å²) in [6, 6.07) is 0. The van der Waals surface area contributed by atoms with Gasteiger partial charge in [-0.3, -0.25) is 14.4 Å². The predicted molar refractivity (Wildman–Crippen MR) is 362 cm³/mol. The van der Waals surface area contributed by atoms with E-state index in [0.717, 1.165) is 70.6 Å². The largest absolute Gasteiger partial charge is 0.462 e. The second-order valence-electron chi connectivity index (χ2n) is 24.9. The summed E-state index contributed by atoms with van der Waals surface area (Å²) in [4.78, 5) is 38.4. The van der Waals surface area contributed by atoms with Crippen LogP contribution in [0.2, 0.25) is 0 Å². The van der Waals surface area contributed by atoms with Gasteiger partial charge in [-0.05, 0) is 44.9 Å². The minimum Gasteiger partial charge on any atom is -0.462 e. The highest BCUT2D eigenvalue weighted by Crippen LogP contribution is 2.19. The summed E-state index contributed by atoms with van der Waals surface area (Å²) in [6.07, 6.45) is 93.0. The highest BCUT2D eigenvalue weighted by atomic mass is 16.6. The first kappa shape index (κ1) is 80.1. The molecule has 0 saturated carbocycles. The van der Waals surface area contributed by atoms with Crippen molar-refractivity contribution in [2.75, 3.05) is 13.2 Å². The first-order valence-electron chi connectivity index (χ1n) is 36.8. The Hall–Kier alpha value is -2.89. The molecule has 83 heavy (non-hydrogen) atoms. The summed E-state index contributed by atoms with van der Waals surface area (Å²) >= 11 is 0. The summed E-state index contributed by atoms with van der Waals surface area (Å²) in [6.45, 7) is 6.52. The van der Waals surface area contributed by atoms with Crippen LogP contribution in [-0.4, -0.2) is 37.2 Å². The molecule has 6 nitrogen and oxygen atoms in total. The first-order valence-corrected chi connectivity index (χ1v) is 36.8. The van der Waals surface area contributed by atoms with E-state index in [1.807, 2.05) is 12.2 Å². The number of ether oxygens (including phenoxy) is 3. The highest BCUT2D eigenvalue weighted by molar-refractivity contribution is 5.72. The third-order valence-corrected chi connectivity index (χ3v) is 16.6. The normalized spacial score (nSPS) is 12.4. The van der Waals surface area contributed by atoms with E-state index in [1.54, 1.807) is 0 Å². The molecule has 1 atom stereocenters. The van der Waals surface area contributed by atoms with Crippen LogP contribution in [0.25, 0.3) is 0 Å². The van der Waals surface area contributed by atoms with Crippen LogP contribution < -0.4 is 0 Å². The second-order valence-corrected chi connectivity index (χ2v) is 24.9. The van der Waals surface area contributed by atoms with E-state index in [1.165, 1.54) is 283 Å². The highest BCUT2D eigenvalue weighted by Gasteiger charge is 2.19. The SMILES string of the molecule is CC/C=C\C/C=C\C/C=C\C/C=C\C/C=C\CC(=O)OCC(COC(=O)CCCCCCCCCCCCCCCCCCCCCCCCCCCCCC)OC(=O)CCCCCCCCCCCCCCCCCCCCCCCC. The van der Waals surface area contributed by atoms with E-state index in [4.69, 9.17) is 14.2 Å². The third-order valence-electron chi connectivity index (χ3n) is 16.6. The summed E-state index contributed by atoms with van der Waals surface area (Å²) < 4.78 is 16.9. The van der Waals surface area contributed by atoms with Crippen LogP contribution in [0.3, 0.4) is 0 Å². The molecule has 1 unspecified atom stereocenters. The smallest absolute Gasteiger partial charge is 0.309 e. The van der Waals surface area contributed by atoms with Gasteiger partial charge in [-0.1, -0.05) is 390 Å². The van der Waals surface area contributed by atoms with Crippen molar-refractivity contribution < 1.29 is 28.6 Å². The van der Waals surface area contributed by atoms with E-state index in [2.05, 4.69) is 69.4 Å². The van der Waals surface area contributed by atoms with Gasteiger partial charge in [0.15, 0.2) is 6.10 Å². The molecule has 0 aromatic rings. The Balaban J connectivity index is 4.27. The number of hydrogen-bond acceptors (Lipinski definition) is 6. The molecule has 0 aliphatic heterocycles. The number of hydrogen-bond donors (Lipinski definition) is 0. The van der Waals surface area contributed by atoms with Crippen molar-refractivity contribution in [1.29, 1.82) is 0 Å². The lowest BCUT2D eigenvalue weighted by Crippen LogP contribution is -2.30. The van der Waals surface area contributed by atoms with Gasteiger partial charge in [-0.2, -0.15) is 0 Å². The second kappa shape index (κ2) is 71.6. The van der Waals surface area contributed by atoms with Crippen molar-refractivity contribution in [1.82, 2.24) is 0 Å². The molecule has 0 rings (SSSR count). The van der Waals surface area contributed by atoms with E-state index in [9.17, 15) is 14.4 Å². The minimum atomic E-state index is -0.813. The van der Waals surface area contributed by atoms with Crippen molar-refractivity contribution >= 4 is 17.9 Å². The number of carbonyl (C=O) groups is 3. The predicted octanol–water partition coefficient (Wildman–Crippen LogP) is 25.5. The molecule has 0 aliphatic carbocycles. The lowest BCUT2D eigenvalue weighted by atomic mass is 10.0. The van der Waals surface area contributed by atoms with Gasteiger partial charge >= 0.3 is 17.9 Å². The summed E-state index contributed by atoms with van der Waals surface area (Å²) in [7, 11) is 0. The molecule has 0 aromatic carbocycles. The molecule has 6 heteroatoms. The molecule has 0 aliphatic rings. The molecule has 0 heterocycles. The fourth-order valence-electron chi connectivity index (χ4n) is 11.1. The maximum Gasteiger partial charge on any atom is 0.309 e. The molecule has 484 valence electrons.